The zero-order valence-corrected chi connectivity index (χ0v) is 13.4. The third-order valence-electron chi connectivity index (χ3n) is 3.49. The molecule has 0 bridgehead atoms. The van der Waals surface area contributed by atoms with E-state index in [1.54, 1.807) is 11.3 Å². The van der Waals surface area contributed by atoms with Crippen LogP contribution in [0.15, 0.2) is 9.90 Å². The fourth-order valence-electron chi connectivity index (χ4n) is 2.01. The van der Waals surface area contributed by atoms with Gasteiger partial charge < -0.3 is 15.2 Å². The number of rotatable bonds is 6. The van der Waals surface area contributed by atoms with Crippen LogP contribution in [0.5, 0.6) is 0 Å². The van der Waals surface area contributed by atoms with Crippen LogP contribution in [0.4, 0.5) is 4.79 Å². The van der Waals surface area contributed by atoms with Crippen LogP contribution in [0.2, 0.25) is 0 Å². The Morgan fingerprint density at radius 2 is 2.32 bits per heavy atom. The van der Waals surface area contributed by atoms with Crippen molar-refractivity contribution in [2.75, 3.05) is 0 Å². The van der Waals surface area contributed by atoms with Crippen molar-refractivity contribution in [2.45, 2.75) is 51.6 Å². The Hall–Kier alpha value is -1.96. The van der Waals surface area contributed by atoms with E-state index in [2.05, 4.69) is 32.7 Å². The second-order valence-electron chi connectivity index (χ2n) is 5.39. The van der Waals surface area contributed by atoms with Gasteiger partial charge in [-0.1, -0.05) is 12.1 Å². The molecule has 0 unspecified atom stereocenters. The SMILES string of the molecule is CCc1nc([C@@H](C)NC(=O)NCc2nc(C3CC3)no2)cs1. The molecule has 2 aromatic heterocycles. The van der Waals surface area contributed by atoms with Gasteiger partial charge in [0.15, 0.2) is 5.82 Å². The molecule has 0 radical (unpaired) electrons. The van der Waals surface area contributed by atoms with E-state index in [1.807, 2.05) is 12.3 Å². The van der Waals surface area contributed by atoms with Gasteiger partial charge in [0.25, 0.3) is 0 Å². The Morgan fingerprint density at radius 1 is 1.50 bits per heavy atom. The van der Waals surface area contributed by atoms with Gasteiger partial charge in [-0.15, -0.1) is 11.3 Å². The Kier molecular flexibility index (Phi) is 4.37. The van der Waals surface area contributed by atoms with Crippen molar-refractivity contribution >= 4 is 17.4 Å². The van der Waals surface area contributed by atoms with Gasteiger partial charge in [0.1, 0.15) is 0 Å². The predicted molar refractivity (Wildman–Crippen MR) is 81.6 cm³/mol. The molecule has 1 atom stereocenters. The molecule has 0 spiro atoms. The first-order valence-corrected chi connectivity index (χ1v) is 8.34. The van der Waals surface area contributed by atoms with Crippen LogP contribution in [0.25, 0.3) is 0 Å². The average molecular weight is 321 g/mol. The summed E-state index contributed by atoms with van der Waals surface area (Å²) in [4.78, 5) is 20.6. The summed E-state index contributed by atoms with van der Waals surface area (Å²) < 4.78 is 5.11. The Bertz CT molecular complexity index is 649. The van der Waals surface area contributed by atoms with Gasteiger partial charge in [0.2, 0.25) is 5.89 Å². The van der Waals surface area contributed by atoms with Crippen molar-refractivity contribution in [3.63, 3.8) is 0 Å². The van der Waals surface area contributed by atoms with Crippen molar-refractivity contribution < 1.29 is 9.32 Å². The minimum absolute atomic E-state index is 0.138. The normalized spacial score (nSPS) is 15.5. The molecule has 7 nitrogen and oxygen atoms in total. The molecule has 2 N–H and O–H groups in total. The largest absolute Gasteiger partial charge is 0.337 e. The number of nitrogens with one attached hydrogen (secondary N) is 2. The Balaban J connectivity index is 1.46. The van der Waals surface area contributed by atoms with E-state index >= 15 is 0 Å². The minimum Gasteiger partial charge on any atom is -0.337 e. The maximum absolute atomic E-state index is 11.9. The highest BCUT2D eigenvalue weighted by Crippen LogP contribution is 2.38. The van der Waals surface area contributed by atoms with Crippen molar-refractivity contribution in [1.29, 1.82) is 0 Å². The third kappa shape index (κ3) is 3.62. The smallest absolute Gasteiger partial charge is 0.315 e. The number of aryl methyl sites for hydroxylation is 1. The standard InChI is InChI=1S/C14H19N5O2S/c1-3-12-17-10(7-22-12)8(2)16-14(20)15-6-11-18-13(19-21-11)9-4-5-9/h7-9H,3-6H2,1-2H3,(H2,15,16,20)/t8-/m1/s1. The molecule has 3 rings (SSSR count). The summed E-state index contributed by atoms with van der Waals surface area (Å²) in [5.41, 5.74) is 0.880. The predicted octanol–water partition coefficient (Wildman–Crippen LogP) is 2.53. The van der Waals surface area contributed by atoms with Gasteiger partial charge in [-0.25, -0.2) is 9.78 Å². The van der Waals surface area contributed by atoms with Crippen LogP contribution in [0.1, 0.15) is 61.1 Å². The van der Waals surface area contributed by atoms with E-state index in [1.165, 1.54) is 0 Å². The summed E-state index contributed by atoms with van der Waals surface area (Å²) in [5.74, 6) is 1.63. The molecular weight excluding hydrogens is 302 g/mol. The molecule has 0 saturated heterocycles. The average Bonchev–Trinajstić information content (AvgIpc) is 3.07. The highest BCUT2D eigenvalue weighted by Gasteiger charge is 2.28. The van der Waals surface area contributed by atoms with Gasteiger partial charge in [-0.3, -0.25) is 0 Å². The van der Waals surface area contributed by atoms with Crippen LogP contribution in [0.3, 0.4) is 0 Å². The number of aromatic nitrogens is 3. The van der Waals surface area contributed by atoms with Crippen LogP contribution >= 0.6 is 11.3 Å². The first-order chi connectivity index (χ1) is 10.7. The van der Waals surface area contributed by atoms with Gasteiger partial charge in [-0.05, 0) is 26.2 Å². The molecule has 8 heteroatoms. The fraction of sp³-hybridized carbons (Fsp3) is 0.571. The maximum atomic E-state index is 11.9. The number of carbonyl (C=O) groups excluding carboxylic acids is 1. The Labute approximate surface area is 132 Å². The first-order valence-electron chi connectivity index (χ1n) is 7.46. The lowest BCUT2D eigenvalue weighted by atomic mass is 10.3. The van der Waals surface area contributed by atoms with Crippen LogP contribution in [-0.4, -0.2) is 21.2 Å². The molecule has 1 aliphatic carbocycles. The molecule has 0 aromatic carbocycles. The molecule has 118 valence electrons. The highest BCUT2D eigenvalue weighted by atomic mass is 32.1. The summed E-state index contributed by atoms with van der Waals surface area (Å²) in [6, 6.07) is -0.411. The number of carbonyl (C=O) groups is 1. The second-order valence-corrected chi connectivity index (χ2v) is 6.33. The van der Waals surface area contributed by atoms with Crippen LogP contribution in [0, 0.1) is 0 Å². The molecule has 1 saturated carbocycles. The lowest BCUT2D eigenvalue weighted by molar-refractivity contribution is 0.235. The van der Waals surface area contributed by atoms with E-state index < -0.39 is 0 Å². The van der Waals surface area contributed by atoms with Crippen molar-refractivity contribution in [2.24, 2.45) is 0 Å². The molecular formula is C14H19N5O2S. The zero-order valence-electron chi connectivity index (χ0n) is 12.6. The Morgan fingerprint density at radius 3 is 3.00 bits per heavy atom. The summed E-state index contributed by atoms with van der Waals surface area (Å²) in [6.45, 7) is 4.20. The number of urea groups is 1. The molecule has 2 amide bonds. The molecule has 2 heterocycles. The summed E-state index contributed by atoms with van der Waals surface area (Å²) in [7, 11) is 0. The van der Waals surface area contributed by atoms with Gasteiger partial charge in [0, 0.05) is 11.3 Å². The zero-order chi connectivity index (χ0) is 15.5. The van der Waals surface area contributed by atoms with Crippen LogP contribution < -0.4 is 10.6 Å². The number of hydrogen-bond acceptors (Lipinski definition) is 6. The lowest BCUT2D eigenvalue weighted by Crippen LogP contribution is -2.36. The first kappa shape index (κ1) is 15.0. The van der Waals surface area contributed by atoms with E-state index in [-0.39, 0.29) is 18.6 Å². The van der Waals surface area contributed by atoms with Crippen LogP contribution in [-0.2, 0) is 13.0 Å². The maximum Gasteiger partial charge on any atom is 0.315 e. The molecule has 22 heavy (non-hydrogen) atoms. The van der Waals surface area contributed by atoms with E-state index in [9.17, 15) is 4.79 Å². The van der Waals surface area contributed by atoms with Crippen molar-refractivity contribution in [3.8, 4) is 0 Å². The van der Waals surface area contributed by atoms with E-state index in [4.69, 9.17) is 4.52 Å². The second kappa shape index (κ2) is 6.43. The van der Waals surface area contributed by atoms with Crippen molar-refractivity contribution in [3.05, 3.63) is 27.8 Å². The minimum atomic E-state index is -0.273. The number of amides is 2. The molecule has 0 aliphatic heterocycles. The summed E-state index contributed by atoms with van der Waals surface area (Å²) in [6.07, 6.45) is 3.15. The quantitative estimate of drug-likeness (QED) is 0.853. The number of hydrogen-bond donors (Lipinski definition) is 2. The van der Waals surface area contributed by atoms with Gasteiger partial charge in [0.05, 0.1) is 23.3 Å². The van der Waals surface area contributed by atoms with Gasteiger partial charge >= 0.3 is 6.03 Å². The molecule has 1 aliphatic rings. The molecule has 1 fully saturated rings. The lowest BCUT2D eigenvalue weighted by Gasteiger charge is -2.11. The number of nitrogens with zero attached hydrogens (tertiary/aromatic N) is 3. The van der Waals surface area contributed by atoms with Crippen molar-refractivity contribution in [1.82, 2.24) is 25.8 Å². The van der Waals surface area contributed by atoms with E-state index in [0.717, 1.165) is 35.8 Å². The highest BCUT2D eigenvalue weighted by molar-refractivity contribution is 7.09. The van der Waals surface area contributed by atoms with Gasteiger partial charge in [-0.2, -0.15) is 4.98 Å². The number of thiazole rings is 1. The summed E-state index contributed by atoms with van der Waals surface area (Å²) in [5, 5.41) is 12.5. The topological polar surface area (TPSA) is 92.9 Å². The fourth-order valence-corrected chi connectivity index (χ4v) is 2.85. The third-order valence-corrected chi connectivity index (χ3v) is 4.50. The molecule has 2 aromatic rings. The summed E-state index contributed by atoms with van der Waals surface area (Å²) >= 11 is 1.61. The monoisotopic (exact) mass is 321 g/mol. The van der Waals surface area contributed by atoms with E-state index in [0.29, 0.717) is 11.8 Å².